The number of phosphoric ester groups is 1. The number of carbonyl (C=O) groups is 1. The van der Waals surface area contributed by atoms with E-state index >= 15 is 0 Å². The van der Waals surface area contributed by atoms with Gasteiger partial charge in [-0.1, -0.05) is 203 Å². The number of carbonyl (C=O) groups excluding carboxylic acids is 1. The summed E-state index contributed by atoms with van der Waals surface area (Å²) < 4.78 is 35.1. The van der Waals surface area contributed by atoms with Gasteiger partial charge in [-0.15, -0.1) is 0 Å². The molecule has 0 aromatic carbocycles. The molecule has 2 unspecified atom stereocenters. The Morgan fingerprint density at radius 2 is 0.951 bits per heavy atom. The van der Waals surface area contributed by atoms with E-state index in [-0.39, 0.29) is 25.8 Å². The molecule has 0 saturated carbocycles. The van der Waals surface area contributed by atoms with Crippen LogP contribution in [0.1, 0.15) is 206 Å². The topological polar surface area (TPSA) is 91.3 Å². The van der Waals surface area contributed by atoms with Crippen LogP contribution >= 0.6 is 7.82 Å². The Balaban J connectivity index is 4.21. The first-order chi connectivity index (χ1) is 29.6. The van der Waals surface area contributed by atoms with Crippen molar-refractivity contribution >= 4 is 13.8 Å². The van der Waals surface area contributed by atoms with Crippen molar-refractivity contribution in [1.82, 2.24) is 0 Å². The number of phosphoric acid groups is 1. The first kappa shape index (κ1) is 59.2. The third-order valence-corrected chi connectivity index (χ3v) is 11.6. The summed E-state index contributed by atoms with van der Waals surface area (Å²) in [5.41, 5.74) is 0. The highest BCUT2D eigenvalue weighted by atomic mass is 31.2. The van der Waals surface area contributed by atoms with Crippen molar-refractivity contribution in [2.45, 2.75) is 213 Å². The summed E-state index contributed by atoms with van der Waals surface area (Å²) >= 11 is 0. The van der Waals surface area contributed by atoms with E-state index in [0.29, 0.717) is 24.1 Å². The Bertz CT molecular complexity index is 1160. The van der Waals surface area contributed by atoms with Crippen molar-refractivity contribution < 1.29 is 37.3 Å². The van der Waals surface area contributed by atoms with Crippen LogP contribution in [0.25, 0.3) is 0 Å². The number of rotatable bonds is 46. The quantitative estimate of drug-likeness (QED) is 0.0214. The molecule has 0 fully saturated rings. The molecule has 0 aliphatic heterocycles. The normalized spacial score (nSPS) is 14.1. The summed E-state index contributed by atoms with van der Waals surface area (Å²) in [6.45, 7) is 5.51. The number of allylic oxidation sites excluding steroid dienone is 10. The van der Waals surface area contributed by atoms with E-state index in [4.69, 9.17) is 18.5 Å². The number of likely N-dealkylation sites (N-methyl/N-ethyl adjacent to an activating group) is 1. The molecule has 0 radical (unpaired) electrons. The number of ether oxygens (including phenoxy) is 2. The second kappa shape index (κ2) is 44.8. The smallest absolute Gasteiger partial charge is 0.457 e. The molecule has 0 heterocycles. The molecule has 0 aliphatic carbocycles. The molecule has 0 aromatic rings. The molecular formula is C52H97NO7P+. The number of esters is 1. The van der Waals surface area contributed by atoms with Crippen molar-refractivity contribution in [2.75, 3.05) is 54.1 Å². The molecule has 0 saturated heterocycles. The molecule has 0 spiro atoms. The Kier molecular flexibility index (Phi) is 43.5. The lowest BCUT2D eigenvalue weighted by atomic mass is 10.0. The van der Waals surface area contributed by atoms with E-state index in [0.717, 1.165) is 83.5 Å². The second-order valence-electron chi connectivity index (χ2n) is 17.8. The molecule has 9 heteroatoms. The van der Waals surface area contributed by atoms with E-state index in [1.807, 2.05) is 21.1 Å². The van der Waals surface area contributed by atoms with Crippen LogP contribution in [0.4, 0.5) is 0 Å². The summed E-state index contributed by atoms with van der Waals surface area (Å²) in [6.07, 6.45) is 56.9. The molecule has 2 atom stereocenters. The van der Waals surface area contributed by atoms with Gasteiger partial charge in [0.2, 0.25) is 0 Å². The predicted octanol–water partition coefficient (Wildman–Crippen LogP) is 15.3. The van der Waals surface area contributed by atoms with Gasteiger partial charge in [0.15, 0.2) is 0 Å². The second-order valence-corrected chi connectivity index (χ2v) is 19.3. The summed E-state index contributed by atoms with van der Waals surface area (Å²) in [7, 11) is 1.65. The van der Waals surface area contributed by atoms with Gasteiger partial charge in [0.05, 0.1) is 34.4 Å². The summed E-state index contributed by atoms with van der Waals surface area (Å²) in [4.78, 5) is 23.0. The van der Waals surface area contributed by atoms with Crippen molar-refractivity contribution in [2.24, 2.45) is 0 Å². The number of hydrogen-bond acceptors (Lipinski definition) is 6. The fourth-order valence-corrected chi connectivity index (χ4v) is 7.50. The van der Waals surface area contributed by atoms with Gasteiger partial charge in [0.1, 0.15) is 19.3 Å². The van der Waals surface area contributed by atoms with Gasteiger partial charge in [-0.3, -0.25) is 13.8 Å². The van der Waals surface area contributed by atoms with Crippen LogP contribution in [-0.4, -0.2) is 75.6 Å². The Morgan fingerprint density at radius 3 is 1.43 bits per heavy atom. The van der Waals surface area contributed by atoms with Gasteiger partial charge in [-0.2, -0.15) is 0 Å². The summed E-state index contributed by atoms with van der Waals surface area (Å²) in [5, 5.41) is 0. The largest absolute Gasteiger partial charge is 0.472 e. The van der Waals surface area contributed by atoms with E-state index in [2.05, 4.69) is 74.6 Å². The Morgan fingerprint density at radius 1 is 0.525 bits per heavy atom. The maximum absolute atomic E-state index is 12.7. The highest BCUT2D eigenvalue weighted by molar-refractivity contribution is 7.47. The lowest BCUT2D eigenvalue weighted by molar-refractivity contribution is -0.870. The average molecular weight is 879 g/mol. The zero-order chi connectivity index (χ0) is 44.8. The van der Waals surface area contributed by atoms with Crippen molar-refractivity contribution in [3.8, 4) is 0 Å². The zero-order valence-corrected chi connectivity index (χ0v) is 41.3. The lowest BCUT2D eigenvalue weighted by Gasteiger charge is -2.24. The first-order valence-electron chi connectivity index (χ1n) is 25.0. The summed E-state index contributed by atoms with van der Waals surface area (Å²) in [6, 6.07) is 0. The fourth-order valence-electron chi connectivity index (χ4n) is 6.76. The SMILES string of the molecule is CC/C=C\C/C=C\C/C=C\C/C=C\C/C=C\CCCCCCCC(=O)OC(COCCCCCCCCCCCCCCCCCCCC)COP(=O)(O)OCC[N+](C)(C)C. The van der Waals surface area contributed by atoms with E-state index in [1.54, 1.807) is 0 Å². The standard InChI is InChI=1S/C52H96NO7P/c1-6-8-10-12-14-16-18-20-22-24-26-27-28-29-31-33-35-37-39-41-43-45-52(54)60-51(50-59-61(55,56)58-48-46-53(3,4)5)49-57-47-44-42-40-38-36-34-32-30-25-23-21-19-17-15-13-11-9-7-2/h8,10,14,16,20,22,26-27,29,31,51H,6-7,9,11-13,15,17-19,21,23-25,28,30,32-50H2,1-5H3/p+1/b10-8-,16-14-,22-20-,27-26-,31-29-. The van der Waals surface area contributed by atoms with Crippen molar-refractivity contribution in [1.29, 1.82) is 0 Å². The highest BCUT2D eigenvalue weighted by Crippen LogP contribution is 2.43. The number of nitrogens with zero attached hydrogens (tertiary/aromatic N) is 1. The van der Waals surface area contributed by atoms with Crippen molar-refractivity contribution in [3.05, 3.63) is 60.8 Å². The van der Waals surface area contributed by atoms with Gasteiger partial charge in [-0.05, 0) is 57.8 Å². The van der Waals surface area contributed by atoms with Crippen LogP contribution in [0.2, 0.25) is 0 Å². The van der Waals surface area contributed by atoms with Crippen LogP contribution in [0.3, 0.4) is 0 Å². The minimum absolute atomic E-state index is 0.0832. The molecular weight excluding hydrogens is 782 g/mol. The molecule has 0 aromatic heterocycles. The Hall–Kier alpha value is -1.80. The fraction of sp³-hybridized carbons (Fsp3) is 0.788. The summed E-state index contributed by atoms with van der Waals surface area (Å²) in [5.74, 6) is -0.331. The predicted molar refractivity (Wildman–Crippen MR) is 261 cm³/mol. The van der Waals surface area contributed by atoms with Crippen LogP contribution in [0.5, 0.6) is 0 Å². The van der Waals surface area contributed by atoms with Crippen molar-refractivity contribution in [3.63, 3.8) is 0 Å². The molecule has 61 heavy (non-hydrogen) atoms. The van der Waals surface area contributed by atoms with Gasteiger partial charge < -0.3 is 18.9 Å². The lowest BCUT2D eigenvalue weighted by Crippen LogP contribution is -2.37. The minimum atomic E-state index is -4.29. The van der Waals surface area contributed by atoms with E-state index in [1.165, 1.54) is 103 Å². The van der Waals surface area contributed by atoms with E-state index < -0.39 is 13.9 Å². The van der Waals surface area contributed by atoms with Crippen LogP contribution in [0, 0.1) is 0 Å². The molecule has 8 nitrogen and oxygen atoms in total. The molecule has 1 N–H and O–H groups in total. The molecule has 0 rings (SSSR count). The molecule has 0 amide bonds. The first-order valence-corrected chi connectivity index (χ1v) is 26.5. The van der Waals surface area contributed by atoms with Gasteiger partial charge in [0, 0.05) is 13.0 Å². The minimum Gasteiger partial charge on any atom is -0.457 e. The van der Waals surface area contributed by atoms with Crippen LogP contribution in [0.15, 0.2) is 60.8 Å². The van der Waals surface area contributed by atoms with Gasteiger partial charge in [-0.25, -0.2) is 4.57 Å². The maximum atomic E-state index is 12.7. The number of hydrogen-bond donors (Lipinski definition) is 1. The Labute approximate surface area is 377 Å². The van der Waals surface area contributed by atoms with Gasteiger partial charge >= 0.3 is 13.8 Å². The van der Waals surface area contributed by atoms with E-state index in [9.17, 15) is 14.3 Å². The average Bonchev–Trinajstić information content (AvgIpc) is 3.22. The monoisotopic (exact) mass is 879 g/mol. The van der Waals surface area contributed by atoms with Crippen LogP contribution in [-0.2, 0) is 27.9 Å². The third-order valence-electron chi connectivity index (χ3n) is 10.6. The molecule has 0 aliphatic rings. The number of quaternary nitrogens is 1. The third kappa shape index (κ3) is 49.1. The number of unbranched alkanes of at least 4 members (excludes halogenated alkanes) is 22. The zero-order valence-electron chi connectivity index (χ0n) is 40.4. The molecule has 0 bridgehead atoms. The molecule has 356 valence electrons. The van der Waals surface area contributed by atoms with Crippen LogP contribution < -0.4 is 0 Å². The maximum Gasteiger partial charge on any atom is 0.472 e. The highest BCUT2D eigenvalue weighted by Gasteiger charge is 2.26. The van der Waals surface area contributed by atoms with Gasteiger partial charge in [0.25, 0.3) is 0 Å².